The van der Waals surface area contributed by atoms with Crippen LogP contribution in [0.3, 0.4) is 0 Å². The van der Waals surface area contributed by atoms with E-state index in [2.05, 4.69) is 10.1 Å². The van der Waals surface area contributed by atoms with Gasteiger partial charge in [-0.3, -0.25) is 4.79 Å². The maximum absolute atomic E-state index is 12.4. The molecule has 2 aromatic heterocycles. The molecule has 0 aromatic carbocycles. The summed E-state index contributed by atoms with van der Waals surface area (Å²) in [5.74, 6) is -1.00. The number of nitrogens with zero attached hydrogens (tertiary/aromatic N) is 4. The normalized spacial score (nSPS) is 11.6. The first-order valence-electron chi connectivity index (χ1n) is 6.10. The van der Waals surface area contributed by atoms with Gasteiger partial charge in [0.2, 0.25) is 5.82 Å². The summed E-state index contributed by atoms with van der Waals surface area (Å²) in [7, 11) is 0. The molecule has 0 bridgehead atoms. The lowest BCUT2D eigenvalue weighted by molar-refractivity contribution is 0.0696. The third kappa shape index (κ3) is 2.34. The van der Waals surface area contributed by atoms with Gasteiger partial charge in [0.25, 0.3) is 5.56 Å². The van der Waals surface area contributed by atoms with Crippen LogP contribution in [-0.4, -0.2) is 30.4 Å². The molecule has 0 amide bonds. The van der Waals surface area contributed by atoms with Crippen LogP contribution in [0.25, 0.3) is 5.82 Å². The highest BCUT2D eigenvalue weighted by Gasteiger charge is 2.19. The summed E-state index contributed by atoms with van der Waals surface area (Å²) in [5, 5.41) is 13.1. The first kappa shape index (κ1) is 14.0. The summed E-state index contributed by atoms with van der Waals surface area (Å²) < 4.78 is 2.75. The first-order valence-corrected chi connectivity index (χ1v) is 6.10. The van der Waals surface area contributed by atoms with Crippen LogP contribution in [0.15, 0.2) is 23.4 Å². The maximum Gasteiger partial charge on any atom is 0.339 e. The molecule has 0 aliphatic rings. The number of carboxylic acid groups (broad SMARTS) is 1. The molecule has 7 heteroatoms. The number of hydrogen-bond acceptors (Lipinski definition) is 4. The van der Waals surface area contributed by atoms with Crippen molar-refractivity contribution >= 4 is 5.97 Å². The van der Waals surface area contributed by atoms with Crippen molar-refractivity contribution < 1.29 is 9.90 Å². The Hall–Kier alpha value is -2.44. The number of aromatic nitrogens is 4. The molecule has 2 aromatic rings. The van der Waals surface area contributed by atoms with Crippen molar-refractivity contribution in [3.8, 4) is 5.82 Å². The molecule has 0 atom stereocenters. The van der Waals surface area contributed by atoms with Crippen LogP contribution in [0.1, 0.15) is 36.8 Å². The van der Waals surface area contributed by atoms with Gasteiger partial charge in [0.1, 0.15) is 5.56 Å². The lowest BCUT2D eigenvalue weighted by Gasteiger charge is -2.22. The van der Waals surface area contributed by atoms with E-state index in [1.807, 2.05) is 20.8 Å². The molecule has 0 aliphatic heterocycles. The zero-order valence-corrected chi connectivity index (χ0v) is 11.8. The van der Waals surface area contributed by atoms with Gasteiger partial charge >= 0.3 is 5.97 Å². The van der Waals surface area contributed by atoms with Crippen LogP contribution in [0.5, 0.6) is 0 Å². The van der Waals surface area contributed by atoms with Gasteiger partial charge in [-0.05, 0) is 27.7 Å². The molecule has 0 spiro atoms. The summed E-state index contributed by atoms with van der Waals surface area (Å²) in [5.41, 5.74) is -0.325. The molecule has 2 heterocycles. The lowest BCUT2D eigenvalue weighted by Crippen LogP contribution is -2.36. The summed E-state index contributed by atoms with van der Waals surface area (Å²) >= 11 is 0. The highest BCUT2D eigenvalue weighted by Crippen LogP contribution is 2.12. The molecule has 0 unspecified atom stereocenters. The summed E-state index contributed by atoms with van der Waals surface area (Å²) in [4.78, 5) is 27.4. The minimum Gasteiger partial charge on any atom is -0.478 e. The van der Waals surface area contributed by atoms with E-state index in [-0.39, 0.29) is 16.9 Å². The number of carbonyl (C=O) groups is 1. The predicted octanol–water partition coefficient (Wildman–Crippen LogP) is 1.19. The standard InChI is InChI=1S/C13H16N4O3/c1-8-9(12(19)20)7-17(15-8)10-11(18)16(6-5-14-10)13(2,3)4/h5-7H,1-4H3,(H,19,20). The Morgan fingerprint density at radius 2 is 2.00 bits per heavy atom. The van der Waals surface area contributed by atoms with E-state index in [0.29, 0.717) is 5.69 Å². The van der Waals surface area contributed by atoms with E-state index in [0.717, 1.165) is 0 Å². The van der Waals surface area contributed by atoms with E-state index in [4.69, 9.17) is 5.11 Å². The quantitative estimate of drug-likeness (QED) is 0.889. The summed E-state index contributed by atoms with van der Waals surface area (Å²) in [6.07, 6.45) is 4.40. The lowest BCUT2D eigenvalue weighted by atomic mass is 10.1. The maximum atomic E-state index is 12.4. The molecule has 2 rings (SSSR count). The number of hydrogen-bond donors (Lipinski definition) is 1. The second-order valence-electron chi connectivity index (χ2n) is 5.47. The highest BCUT2D eigenvalue weighted by atomic mass is 16.4. The van der Waals surface area contributed by atoms with Crippen LogP contribution < -0.4 is 5.56 Å². The van der Waals surface area contributed by atoms with Crippen molar-refractivity contribution in [2.45, 2.75) is 33.2 Å². The largest absolute Gasteiger partial charge is 0.478 e. The first-order chi connectivity index (χ1) is 9.21. The van der Waals surface area contributed by atoms with Crippen LogP contribution >= 0.6 is 0 Å². The van der Waals surface area contributed by atoms with Crippen LogP contribution in [0.4, 0.5) is 0 Å². The molecular formula is C13H16N4O3. The van der Waals surface area contributed by atoms with Crippen molar-refractivity contribution in [2.75, 3.05) is 0 Å². The zero-order chi connectivity index (χ0) is 15.1. The smallest absolute Gasteiger partial charge is 0.339 e. The minimum atomic E-state index is -1.08. The minimum absolute atomic E-state index is 0.0531. The van der Waals surface area contributed by atoms with E-state index in [1.54, 1.807) is 13.1 Å². The van der Waals surface area contributed by atoms with E-state index in [9.17, 15) is 9.59 Å². The number of carboxylic acids is 1. The average Bonchev–Trinajstić information content (AvgIpc) is 2.70. The van der Waals surface area contributed by atoms with Gasteiger partial charge in [0.15, 0.2) is 0 Å². The van der Waals surface area contributed by atoms with Crippen molar-refractivity contribution in [3.63, 3.8) is 0 Å². The van der Waals surface area contributed by atoms with Crippen molar-refractivity contribution in [2.24, 2.45) is 0 Å². The Morgan fingerprint density at radius 3 is 2.50 bits per heavy atom. The Labute approximate surface area is 115 Å². The SMILES string of the molecule is Cc1nn(-c2nccn(C(C)(C)C)c2=O)cc1C(=O)O. The van der Waals surface area contributed by atoms with Gasteiger partial charge in [-0.1, -0.05) is 0 Å². The van der Waals surface area contributed by atoms with E-state index >= 15 is 0 Å². The molecule has 0 radical (unpaired) electrons. The molecule has 106 valence electrons. The highest BCUT2D eigenvalue weighted by molar-refractivity contribution is 5.88. The van der Waals surface area contributed by atoms with E-state index < -0.39 is 11.5 Å². The monoisotopic (exact) mass is 276 g/mol. The molecule has 0 aliphatic carbocycles. The third-order valence-corrected chi connectivity index (χ3v) is 2.89. The average molecular weight is 276 g/mol. The fraction of sp³-hybridized carbons (Fsp3) is 0.385. The molecule has 0 saturated heterocycles. The fourth-order valence-corrected chi connectivity index (χ4v) is 1.87. The van der Waals surface area contributed by atoms with Crippen molar-refractivity contribution in [3.05, 3.63) is 40.2 Å². The number of rotatable bonds is 2. The predicted molar refractivity (Wildman–Crippen MR) is 72.3 cm³/mol. The molecule has 7 nitrogen and oxygen atoms in total. The van der Waals surface area contributed by atoms with Crippen LogP contribution in [0, 0.1) is 6.92 Å². The zero-order valence-electron chi connectivity index (χ0n) is 11.8. The molecule has 0 fully saturated rings. The van der Waals surface area contributed by atoms with Crippen LogP contribution in [0.2, 0.25) is 0 Å². The Bertz CT molecular complexity index is 722. The molecule has 20 heavy (non-hydrogen) atoms. The van der Waals surface area contributed by atoms with Gasteiger partial charge in [-0.15, -0.1) is 0 Å². The molecule has 0 saturated carbocycles. The number of aromatic carboxylic acids is 1. The second-order valence-corrected chi connectivity index (χ2v) is 5.47. The van der Waals surface area contributed by atoms with Gasteiger partial charge < -0.3 is 9.67 Å². The summed E-state index contributed by atoms with van der Waals surface area (Å²) in [6.45, 7) is 7.27. The van der Waals surface area contributed by atoms with Crippen LogP contribution in [-0.2, 0) is 5.54 Å². The van der Waals surface area contributed by atoms with Crippen molar-refractivity contribution in [1.29, 1.82) is 0 Å². The Balaban J connectivity index is 2.63. The third-order valence-electron chi connectivity index (χ3n) is 2.89. The van der Waals surface area contributed by atoms with Gasteiger partial charge in [-0.2, -0.15) is 5.10 Å². The Morgan fingerprint density at radius 1 is 1.35 bits per heavy atom. The Kier molecular flexibility index (Phi) is 3.21. The van der Waals surface area contributed by atoms with Gasteiger partial charge in [0.05, 0.1) is 5.69 Å². The topological polar surface area (TPSA) is 90.0 Å². The number of aryl methyl sites for hydroxylation is 1. The van der Waals surface area contributed by atoms with Gasteiger partial charge in [-0.25, -0.2) is 14.5 Å². The van der Waals surface area contributed by atoms with E-state index in [1.165, 1.54) is 21.6 Å². The van der Waals surface area contributed by atoms with Crippen molar-refractivity contribution in [1.82, 2.24) is 19.3 Å². The fourth-order valence-electron chi connectivity index (χ4n) is 1.87. The molecular weight excluding hydrogens is 260 g/mol. The molecule has 1 N–H and O–H groups in total. The second kappa shape index (κ2) is 4.59. The van der Waals surface area contributed by atoms with Gasteiger partial charge in [0, 0.05) is 24.1 Å². The summed E-state index contributed by atoms with van der Waals surface area (Å²) in [6, 6.07) is 0.